The number of hydrogen-bond acceptors (Lipinski definition) is 13. The predicted octanol–water partition coefficient (Wildman–Crippen LogP) is 7.84. The fourth-order valence-electron chi connectivity index (χ4n) is 8.92. The molecule has 3 aromatic carbocycles. The molecular formula is C50H51N9O7S2. The number of likely N-dealkylation sites (tertiary alicyclic amines) is 1. The second-order valence-corrected chi connectivity index (χ2v) is 20.6. The summed E-state index contributed by atoms with van der Waals surface area (Å²) in [5.41, 5.74) is 9.74. The zero-order valence-electron chi connectivity index (χ0n) is 38.8. The van der Waals surface area contributed by atoms with Gasteiger partial charge in [0.1, 0.15) is 34.5 Å². The fourth-order valence-corrected chi connectivity index (χ4v) is 10.9. The summed E-state index contributed by atoms with van der Waals surface area (Å²) in [6, 6.07) is 17.9. The number of nitrogens with one attached hydrogen (secondary N) is 2. The fraction of sp³-hybridized carbons (Fsp3) is 0.340. The first-order chi connectivity index (χ1) is 32.4. The summed E-state index contributed by atoms with van der Waals surface area (Å²) >= 11 is 3.16. The van der Waals surface area contributed by atoms with E-state index in [4.69, 9.17) is 9.41 Å². The summed E-state index contributed by atoms with van der Waals surface area (Å²) in [5, 5.41) is 36.0. The average molecular weight is 954 g/mol. The molecular weight excluding hydrogens is 903 g/mol. The number of carboxylic acid groups (broad SMARTS) is 1. The van der Waals surface area contributed by atoms with Gasteiger partial charge in [-0.1, -0.05) is 75.4 Å². The lowest BCUT2D eigenvalue weighted by molar-refractivity contribution is -0.142. The minimum Gasteiger partial charge on any atom is -0.481 e. The van der Waals surface area contributed by atoms with E-state index in [9.17, 15) is 29.4 Å². The first kappa shape index (κ1) is 46.2. The smallest absolute Gasteiger partial charge is 0.307 e. The Kier molecular flexibility index (Phi) is 12.2. The first-order valence-electron chi connectivity index (χ1n) is 22.3. The Bertz CT molecular complexity index is 3140. The van der Waals surface area contributed by atoms with Gasteiger partial charge in [0.15, 0.2) is 11.4 Å². The zero-order chi connectivity index (χ0) is 48.3. The number of amides is 3. The van der Waals surface area contributed by atoms with E-state index in [1.807, 2.05) is 120 Å². The van der Waals surface area contributed by atoms with Gasteiger partial charge >= 0.3 is 11.9 Å². The van der Waals surface area contributed by atoms with Gasteiger partial charge in [-0.05, 0) is 80.0 Å². The number of fused-ring (bicyclic) bond motifs is 4. The van der Waals surface area contributed by atoms with Crippen LogP contribution >= 0.6 is 22.7 Å². The van der Waals surface area contributed by atoms with Gasteiger partial charge in [-0.2, -0.15) is 0 Å². The van der Waals surface area contributed by atoms with Gasteiger partial charge in [0.05, 0.1) is 40.4 Å². The van der Waals surface area contributed by atoms with Crippen LogP contribution in [0.15, 0.2) is 81.7 Å². The maximum Gasteiger partial charge on any atom is 0.307 e. The number of aliphatic imine (C=N–C) groups is 1. The largest absolute Gasteiger partial charge is 0.481 e. The number of hydrogen-bond donors (Lipinski definition) is 4. The van der Waals surface area contributed by atoms with Gasteiger partial charge in [0, 0.05) is 29.0 Å². The number of aliphatic hydroxyl groups is 1. The number of thiazole rings is 1. The molecule has 2 aliphatic heterocycles. The van der Waals surface area contributed by atoms with Crippen LogP contribution in [0.1, 0.15) is 108 Å². The third kappa shape index (κ3) is 8.74. The average Bonchev–Trinajstić information content (AvgIpc) is 4.14. The van der Waals surface area contributed by atoms with Crippen LogP contribution in [0, 0.1) is 33.1 Å². The second-order valence-electron chi connectivity index (χ2n) is 18.6. The van der Waals surface area contributed by atoms with Crippen LogP contribution in [0.25, 0.3) is 37.7 Å². The summed E-state index contributed by atoms with van der Waals surface area (Å²) in [5.74, 6) is -1.70. The number of rotatable bonds is 11. The van der Waals surface area contributed by atoms with E-state index >= 15 is 0 Å². The molecule has 6 heterocycles. The standard InChI is InChI=1S/C50H51N9O7S2/c1-24-27(4)68-49-40(24)41(53-36(21-39(61)62)44-57-56-28(5)59(44)49)31-13-11-30(12-14-31)33-17-18-35-38(19-33)66-47(54-35)46(64)55-43(50(6,7)8)48(65)58-22-34(60)20-37(58)45(63)52-25(2)29-9-15-32(16-10-29)42-26(3)51-23-67-42/h9-19,23,25,34,36-37,43,60H,20-22H2,1-8H3,(H,52,63)(H,55,64)(H,61,62)/t25-,34+,36-,37-,43+/m0/s1. The molecule has 1 saturated heterocycles. The molecule has 5 atom stereocenters. The normalized spacial score (nSPS) is 17.8. The van der Waals surface area contributed by atoms with Gasteiger partial charge in [0.25, 0.3) is 5.89 Å². The highest BCUT2D eigenvalue weighted by molar-refractivity contribution is 7.15. The third-order valence-corrected chi connectivity index (χ3v) is 14.9. The molecule has 2 aliphatic rings. The van der Waals surface area contributed by atoms with E-state index in [1.165, 1.54) is 4.90 Å². The first-order valence-corrected chi connectivity index (χ1v) is 24.0. The summed E-state index contributed by atoms with van der Waals surface area (Å²) in [6.45, 7) is 15.1. The van der Waals surface area contributed by atoms with Crippen LogP contribution in [0.3, 0.4) is 0 Å². The molecule has 0 bridgehead atoms. The molecule has 3 amide bonds. The molecule has 0 aliphatic carbocycles. The molecule has 350 valence electrons. The van der Waals surface area contributed by atoms with Crippen molar-refractivity contribution >= 4 is 63.2 Å². The number of carbonyl (C=O) groups is 4. The highest BCUT2D eigenvalue weighted by Gasteiger charge is 2.45. The Labute approximate surface area is 400 Å². The Hall–Kier alpha value is -6.89. The monoisotopic (exact) mass is 953 g/mol. The predicted molar refractivity (Wildman–Crippen MR) is 259 cm³/mol. The molecule has 1 fully saturated rings. The van der Waals surface area contributed by atoms with Crippen molar-refractivity contribution in [1.29, 1.82) is 0 Å². The number of carbonyl (C=O) groups excluding carboxylic acids is 3. The van der Waals surface area contributed by atoms with E-state index in [-0.39, 0.29) is 31.3 Å². The third-order valence-electron chi connectivity index (χ3n) is 12.7. The molecule has 0 spiro atoms. The van der Waals surface area contributed by atoms with Gasteiger partial charge in [-0.3, -0.25) is 28.7 Å². The highest BCUT2D eigenvalue weighted by Crippen LogP contribution is 2.40. The van der Waals surface area contributed by atoms with Gasteiger partial charge in [0.2, 0.25) is 11.8 Å². The van der Waals surface area contributed by atoms with Crippen LogP contribution in [0.4, 0.5) is 0 Å². The summed E-state index contributed by atoms with van der Waals surface area (Å²) < 4.78 is 7.96. The number of thiophene rings is 1. The van der Waals surface area contributed by atoms with Crippen LogP contribution in [-0.2, 0) is 14.4 Å². The number of β-amino-alcohol motifs (C(OH)–C–C–N with tert-alkyl or cyclic N) is 1. The van der Waals surface area contributed by atoms with Crippen molar-refractivity contribution in [2.45, 2.75) is 98.5 Å². The molecule has 4 aromatic heterocycles. The Morgan fingerprint density at radius 3 is 2.28 bits per heavy atom. The van der Waals surface area contributed by atoms with Crippen molar-refractivity contribution < 1.29 is 33.8 Å². The maximum atomic E-state index is 14.4. The van der Waals surface area contributed by atoms with E-state index in [0.29, 0.717) is 28.5 Å². The maximum absolute atomic E-state index is 14.4. The quantitative estimate of drug-likeness (QED) is 0.0979. The number of aliphatic hydroxyl groups excluding tert-OH is 1. The van der Waals surface area contributed by atoms with E-state index < -0.39 is 53.3 Å². The summed E-state index contributed by atoms with van der Waals surface area (Å²) in [7, 11) is 0. The minimum atomic E-state index is -1.10. The van der Waals surface area contributed by atoms with E-state index in [1.54, 1.807) is 34.8 Å². The Balaban J connectivity index is 0.912. The van der Waals surface area contributed by atoms with Crippen molar-refractivity contribution in [2.75, 3.05) is 6.54 Å². The zero-order valence-corrected chi connectivity index (χ0v) is 40.5. The van der Waals surface area contributed by atoms with Gasteiger partial charge in [-0.15, -0.1) is 32.9 Å². The molecule has 0 unspecified atom stereocenters. The Morgan fingerprint density at radius 1 is 0.912 bits per heavy atom. The molecule has 0 saturated carbocycles. The number of benzene rings is 3. The van der Waals surface area contributed by atoms with Crippen molar-refractivity contribution in [3.63, 3.8) is 0 Å². The molecule has 18 heteroatoms. The van der Waals surface area contributed by atoms with Gasteiger partial charge in [-0.25, -0.2) is 9.97 Å². The number of nitrogens with zero attached hydrogens (tertiary/aromatic N) is 7. The molecule has 0 radical (unpaired) electrons. The molecule has 68 heavy (non-hydrogen) atoms. The SMILES string of the molecule is Cc1ncsc1-c1ccc([C@H](C)NC(=O)[C@@H]2C[C@@H](O)CN2C(=O)[C@@H](NC(=O)c2nc3ccc(-c4ccc(C5=N[C@@H](CC(=O)O)c6nnc(C)n6-c6sc(C)c(C)c65)cc4)cc3o2)C(C)(C)C)cc1. The number of oxazole rings is 1. The van der Waals surface area contributed by atoms with Crippen molar-refractivity contribution in [3.05, 3.63) is 123 Å². The van der Waals surface area contributed by atoms with Crippen LogP contribution < -0.4 is 10.6 Å². The number of aliphatic carboxylic acids is 1. The lowest BCUT2D eigenvalue weighted by Crippen LogP contribution is -2.57. The lowest BCUT2D eigenvalue weighted by Gasteiger charge is -2.35. The highest BCUT2D eigenvalue weighted by atomic mass is 32.1. The van der Waals surface area contributed by atoms with E-state index in [2.05, 4.69) is 30.8 Å². The van der Waals surface area contributed by atoms with Gasteiger partial charge < -0.3 is 30.2 Å². The number of carboxylic acids is 1. The molecule has 9 rings (SSSR count). The summed E-state index contributed by atoms with van der Waals surface area (Å²) in [4.78, 5) is 71.5. The van der Waals surface area contributed by atoms with Crippen molar-refractivity contribution in [1.82, 2.24) is 40.3 Å². The summed E-state index contributed by atoms with van der Waals surface area (Å²) in [6.07, 6.45) is -1.12. The number of aryl methyl sites for hydroxylation is 3. The molecule has 4 N–H and O–H groups in total. The molecule has 16 nitrogen and oxygen atoms in total. The van der Waals surface area contributed by atoms with Crippen molar-refractivity contribution in [3.8, 4) is 26.6 Å². The van der Waals surface area contributed by atoms with Crippen LogP contribution in [-0.4, -0.2) is 94.0 Å². The van der Waals surface area contributed by atoms with E-state index in [0.717, 1.165) is 59.4 Å². The lowest BCUT2D eigenvalue weighted by atomic mass is 9.85. The minimum absolute atomic E-state index is 0.0517. The second kappa shape index (κ2) is 18.0. The topological polar surface area (TPSA) is 218 Å². The Morgan fingerprint density at radius 2 is 1.60 bits per heavy atom. The van der Waals surface area contributed by atoms with Crippen LogP contribution in [0.5, 0.6) is 0 Å². The van der Waals surface area contributed by atoms with Crippen molar-refractivity contribution in [2.24, 2.45) is 10.4 Å². The molecule has 7 aromatic rings. The van der Waals surface area contributed by atoms with Crippen LogP contribution in [0.2, 0.25) is 0 Å². The number of aromatic nitrogens is 5.